The van der Waals surface area contributed by atoms with Gasteiger partial charge in [-0.15, -0.1) is 0 Å². The Morgan fingerprint density at radius 1 is 1.28 bits per heavy atom. The third kappa shape index (κ3) is 4.20. The molecule has 25 heavy (non-hydrogen) atoms. The number of benzene rings is 2. The van der Waals surface area contributed by atoms with Crippen LogP contribution >= 0.6 is 23.4 Å². The van der Waals surface area contributed by atoms with Gasteiger partial charge in [0.1, 0.15) is 5.75 Å². The van der Waals surface area contributed by atoms with Crippen LogP contribution in [0.3, 0.4) is 0 Å². The number of hydrogen-bond donors (Lipinski definition) is 1. The minimum atomic E-state index is 0.106. The van der Waals surface area contributed by atoms with Gasteiger partial charge in [-0.3, -0.25) is 4.99 Å². The Kier molecular flexibility index (Phi) is 5.71. The van der Waals surface area contributed by atoms with Crippen LogP contribution in [0.25, 0.3) is 6.08 Å². The van der Waals surface area contributed by atoms with Crippen LogP contribution in [-0.2, 0) is 0 Å². The summed E-state index contributed by atoms with van der Waals surface area (Å²) in [7, 11) is 0. The van der Waals surface area contributed by atoms with Crippen molar-refractivity contribution in [2.24, 2.45) is 4.99 Å². The number of para-hydroxylation sites is 1. The number of aryl methyl sites for hydroxylation is 1. The molecule has 0 aliphatic carbocycles. The summed E-state index contributed by atoms with van der Waals surface area (Å²) in [6, 6.07) is 13.7. The first-order valence-electron chi connectivity index (χ1n) is 8.33. The van der Waals surface area contributed by atoms with E-state index < -0.39 is 0 Å². The molecule has 3 nitrogen and oxygen atoms in total. The lowest BCUT2D eigenvalue weighted by Gasteiger charge is -2.19. The second-order valence-electron chi connectivity index (χ2n) is 5.96. The van der Waals surface area contributed by atoms with E-state index in [0.29, 0.717) is 5.02 Å². The number of halogens is 1. The van der Waals surface area contributed by atoms with Gasteiger partial charge in [-0.1, -0.05) is 54.6 Å². The molecule has 0 saturated carbocycles. The van der Waals surface area contributed by atoms with Crippen molar-refractivity contribution < 1.29 is 5.11 Å². The zero-order valence-corrected chi connectivity index (χ0v) is 15.9. The van der Waals surface area contributed by atoms with Gasteiger partial charge in [-0.25, -0.2) is 0 Å². The van der Waals surface area contributed by atoms with E-state index in [1.165, 1.54) is 16.2 Å². The Bertz CT molecular complexity index is 832. The monoisotopic (exact) mass is 372 g/mol. The van der Waals surface area contributed by atoms with Crippen molar-refractivity contribution in [1.29, 1.82) is 0 Å². The Hall–Kier alpha value is -1.91. The van der Waals surface area contributed by atoms with Crippen molar-refractivity contribution in [2.75, 3.05) is 18.0 Å². The lowest BCUT2D eigenvalue weighted by atomic mass is 10.1. The molecule has 0 radical (unpaired) electrons. The lowest BCUT2D eigenvalue weighted by molar-refractivity contribution is 0.475. The summed E-state index contributed by atoms with van der Waals surface area (Å²) in [5.74, 6) is 0.106. The molecule has 1 heterocycles. The number of phenolic OH excluding ortho intramolecular Hbond substituents is 1. The molecule has 0 spiro atoms. The van der Waals surface area contributed by atoms with Crippen molar-refractivity contribution in [3.63, 3.8) is 0 Å². The van der Waals surface area contributed by atoms with Gasteiger partial charge in [-0.05, 0) is 48.7 Å². The first kappa shape index (κ1) is 17.9. The van der Waals surface area contributed by atoms with E-state index in [1.807, 2.05) is 6.07 Å². The Morgan fingerprint density at radius 2 is 2.08 bits per heavy atom. The van der Waals surface area contributed by atoms with Crippen LogP contribution in [0.2, 0.25) is 5.02 Å². The maximum atomic E-state index is 9.58. The van der Waals surface area contributed by atoms with E-state index in [-0.39, 0.29) is 5.75 Å². The number of aliphatic imine (C=N–C) groups is 1. The molecule has 1 saturated heterocycles. The summed E-state index contributed by atoms with van der Waals surface area (Å²) in [6.07, 6.45) is 3.13. The fourth-order valence-electron chi connectivity index (χ4n) is 2.68. The van der Waals surface area contributed by atoms with E-state index in [2.05, 4.69) is 49.1 Å². The van der Waals surface area contributed by atoms with Gasteiger partial charge in [-0.2, -0.15) is 0 Å². The van der Waals surface area contributed by atoms with Crippen LogP contribution in [0.15, 0.2) is 52.4 Å². The summed E-state index contributed by atoms with van der Waals surface area (Å²) in [6.45, 7) is 5.87. The second-order valence-corrected chi connectivity index (χ2v) is 7.46. The standard InChI is InChI=1S/C20H21ClN2OS/c1-3-10-22-20-23(18-7-5-4-6-14(18)2)13-16(25-20)11-15-8-9-19(24)17(21)12-15/h4-9,11-12,24H,3,10,13H2,1-2H3/b16-11-,22-20?. The summed E-state index contributed by atoms with van der Waals surface area (Å²) in [5, 5.41) is 11.0. The van der Waals surface area contributed by atoms with Crippen molar-refractivity contribution in [3.05, 3.63) is 63.5 Å². The van der Waals surface area contributed by atoms with Crippen LogP contribution in [0.1, 0.15) is 24.5 Å². The molecule has 1 fully saturated rings. The minimum absolute atomic E-state index is 0.106. The molecule has 1 aliphatic rings. The molecule has 3 rings (SSSR count). The number of anilines is 1. The Labute approximate surface area is 158 Å². The van der Waals surface area contributed by atoms with Crippen molar-refractivity contribution in [3.8, 4) is 5.75 Å². The van der Waals surface area contributed by atoms with Gasteiger partial charge in [0.2, 0.25) is 0 Å². The molecule has 0 aromatic heterocycles. The van der Waals surface area contributed by atoms with Crippen LogP contribution in [0, 0.1) is 6.92 Å². The molecule has 0 atom stereocenters. The summed E-state index contributed by atoms with van der Waals surface area (Å²) >= 11 is 7.72. The predicted octanol–water partition coefficient (Wildman–Crippen LogP) is 5.71. The largest absolute Gasteiger partial charge is 0.506 e. The fourth-order valence-corrected chi connectivity index (χ4v) is 3.92. The van der Waals surface area contributed by atoms with E-state index in [0.717, 1.165) is 30.2 Å². The van der Waals surface area contributed by atoms with Crippen LogP contribution in [0.4, 0.5) is 5.69 Å². The number of amidine groups is 1. The number of phenols is 1. The number of hydrogen-bond acceptors (Lipinski definition) is 3. The highest BCUT2D eigenvalue weighted by atomic mass is 35.5. The first-order valence-corrected chi connectivity index (χ1v) is 9.52. The van der Waals surface area contributed by atoms with Gasteiger partial charge >= 0.3 is 0 Å². The highest BCUT2D eigenvalue weighted by Gasteiger charge is 2.26. The molecule has 2 aromatic rings. The minimum Gasteiger partial charge on any atom is -0.506 e. The SMILES string of the molecule is CCCN=C1S/C(=C\c2ccc(O)c(Cl)c2)CN1c1ccccc1C. The van der Waals surface area contributed by atoms with Crippen LogP contribution in [0.5, 0.6) is 5.75 Å². The van der Waals surface area contributed by atoms with E-state index in [1.54, 1.807) is 23.9 Å². The average Bonchev–Trinajstić information content (AvgIpc) is 2.99. The molecule has 0 unspecified atom stereocenters. The Morgan fingerprint density at radius 3 is 2.80 bits per heavy atom. The third-order valence-electron chi connectivity index (χ3n) is 3.94. The predicted molar refractivity (Wildman–Crippen MR) is 110 cm³/mol. The zero-order chi connectivity index (χ0) is 17.8. The smallest absolute Gasteiger partial charge is 0.168 e. The molecular weight excluding hydrogens is 352 g/mol. The second kappa shape index (κ2) is 7.98. The zero-order valence-electron chi connectivity index (χ0n) is 14.4. The maximum absolute atomic E-state index is 9.58. The van der Waals surface area contributed by atoms with Crippen LogP contribution in [-0.4, -0.2) is 23.4 Å². The van der Waals surface area contributed by atoms with E-state index in [9.17, 15) is 5.11 Å². The molecule has 0 amide bonds. The topological polar surface area (TPSA) is 35.8 Å². The quantitative estimate of drug-likeness (QED) is 0.746. The lowest BCUT2D eigenvalue weighted by Crippen LogP contribution is -2.24. The van der Waals surface area contributed by atoms with Crippen molar-refractivity contribution >= 4 is 40.3 Å². The van der Waals surface area contributed by atoms with Crippen LogP contribution < -0.4 is 4.90 Å². The van der Waals surface area contributed by atoms with E-state index >= 15 is 0 Å². The summed E-state index contributed by atoms with van der Waals surface area (Å²) in [5.41, 5.74) is 3.41. The summed E-state index contributed by atoms with van der Waals surface area (Å²) < 4.78 is 0. The molecule has 1 N–H and O–H groups in total. The molecule has 130 valence electrons. The van der Waals surface area contributed by atoms with Gasteiger partial charge < -0.3 is 10.0 Å². The number of thioether (sulfide) groups is 1. The highest BCUT2D eigenvalue weighted by molar-refractivity contribution is 8.18. The van der Waals surface area contributed by atoms with Crippen molar-refractivity contribution in [2.45, 2.75) is 20.3 Å². The Balaban J connectivity index is 1.92. The molecule has 1 aliphatic heterocycles. The van der Waals surface area contributed by atoms with Gasteiger partial charge in [0.25, 0.3) is 0 Å². The first-order chi connectivity index (χ1) is 12.1. The normalized spacial score (nSPS) is 17.6. The molecule has 0 bridgehead atoms. The van der Waals surface area contributed by atoms with Crippen molar-refractivity contribution in [1.82, 2.24) is 0 Å². The highest BCUT2D eigenvalue weighted by Crippen LogP contribution is 2.36. The third-order valence-corrected chi connectivity index (χ3v) is 5.29. The van der Waals surface area contributed by atoms with E-state index in [4.69, 9.17) is 16.6 Å². The van der Waals surface area contributed by atoms with Gasteiger partial charge in [0.05, 0.1) is 11.6 Å². The molecule has 5 heteroatoms. The van der Waals surface area contributed by atoms with Gasteiger partial charge in [0, 0.05) is 17.1 Å². The maximum Gasteiger partial charge on any atom is 0.168 e. The number of rotatable bonds is 4. The molecular formula is C20H21ClN2OS. The average molecular weight is 373 g/mol. The number of nitrogens with zero attached hydrogens (tertiary/aromatic N) is 2. The van der Waals surface area contributed by atoms with Gasteiger partial charge in [0.15, 0.2) is 5.17 Å². The number of aromatic hydroxyl groups is 1. The molecule has 2 aromatic carbocycles. The summed E-state index contributed by atoms with van der Waals surface area (Å²) in [4.78, 5) is 8.24. The fraction of sp³-hybridized carbons (Fsp3) is 0.250.